The molecule has 2 aromatic rings. The van der Waals surface area contributed by atoms with Crippen LogP contribution in [-0.2, 0) is 13.0 Å². The highest BCUT2D eigenvalue weighted by molar-refractivity contribution is 7.08. The molecule has 3 heterocycles. The van der Waals surface area contributed by atoms with E-state index in [9.17, 15) is 9.59 Å². The summed E-state index contributed by atoms with van der Waals surface area (Å²) in [6.45, 7) is 4.99. The summed E-state index contributed by atoms with van der Waals surface area (Å²) in [5.41, 5.74) is 3.93. The lowest BCUT2D eigenvalue weighted by Gasteiger charge is -2.43. The third-order valence-corrected chi connectivity index (χ3v) is 7.40. The van der Waals surface area contributed by atoms with Crippen LogP contribution in [0, 0.1) is 0 Å². The van der Waals surface area contributed by atoms with Crippen molar-refractivity contribution >= 4 is 23.2 Å². The lowest BCUT2D eigenvalue weighted by molar-refractivity contribution is 0.0455. The fourth-order valence-electron chi connectivity index (χ4n) is 4.65. The number of hydrogen-bond donors (Lipinski definition) is 0. The molecule has 3 aliphatic rings. The molecule has 1 aliphatic carbocycles. The van der Waals surface area contributed by atoms with Crippen LogP contribution in [-0.4, -0.2) is 65.3 Å². The maximum absolute atomic E-state index is 13.0. The van der Waals surface area contributed by atoms with Crippen molar-refractivity contribution in [1.82, 2.24) is 14.7 Å². The molecule has 0 atom stereocenters. The Morgan fingerprint density at radius 1 is 0.862 bits per heavy atom. The molecule has 6 heteroatoms. The van der Waals surface area contributed by atoms with Gasteiger partial charge in [0.1, 0.15) is 0 Å². The lowest BCUT2D eigenvalue weighted by Crippen LogP contribution is -2.53. The molecular weight excluding hydrogens is 382 g/mol. The Bertz CT molecular complexity index is 899. The second kappa shape index (κ2) is 7.92. The van der Waals surface area contributed by atoms with Crippen LogP contribution in [0.15, 0.2) is 35.0 Å². The van der Waals surface area contributed by atoms with Crippen molar-refractivity contribution in [3.05, 3.63) is 57.3 Å². The molecule has 2 aliphatic heterocycles. The van der Waals surface area contributed by atoms with Gasteiger partial charge in [0.15, 0.2) is 0 Å². The van der Waals surface area contributed by atoms with E-state index in [2.05, 4.69) is 11.0 Å². The number of hydrogen-bond acceptors (Lipinski definition) is 4. The van der Waals surface area contributed by atoms with Crippen molar-refractivity contribution in [3.63, 3.8) is 0 Å². The fraction of sp³-hybridized carbons (Fsp3) is 0.478. The Kier molecular flexibility index (Phi) is 5.14. The number of nitrogens with zero attached hydrogens (tertiary/aromatic N) is 3. The lowest BCUT2D eigenvalue weighted by atomic mass is 9.91. The Morgan fingerprint density at radius 3 is 2.34 bits per heavy atom. The minimum atomic E-state index is 0.0985. The minimum absolute atomic E-state index is 0.0985. The fourth-order valence-corrected chi connectivity index (χ4v) is 5.28. The molecule has 5 rings (SSSR count). The number of thiophene rings is 1. The molecule has 1 aromatic carbocycles. The Morgan fingerprint density at radius 2 is 1.66 bits per heavy atom. The van der Waals surface area contributed by atoms with Gasteiger partial charge in [-0.05, 0) is 54.0 Å². The topological polar surface area (TPSA) is 43.9 Å². The number of fused-ring (bicyclic) bond motifs is 1. The van der Waals surface area contributed by atoms with Gasteiger partial charge in [0.05, 0.1) is 5.56 Å². The number of piperazine rings is 1. The summed E-state index contributed by atoms with van der Waals surface area (Å²) in [5.74, 6) is 0.249. The van der Waals surface area contributed by atoms with Gasteiger partial charge >= 0.3 is 0 Å². The highest BCUT2D eigenvalue weighted by atomic mass is 32.1. The van der Waals surface area contributed by atoms with Crippen molar-refractivity contribution in [1.29, 1.82) is 0 Å². The van der Waals surface area contributed by atoms with Gasteiger partial charge in [-0.1, -0.05) is 12.5 Å². The van der Waals surface area contributed by atoms with Crippen LogP contribution in [0.1, 0.15) is 51.1 Å². The summed E-state index contributed by atoms with van der Waals surface area (Å²) in [4.78, 5) is 32.1. The molecule has 2 amide bonds. The molecule has 1 saturated carbocycles. The van der Waals surface area contributed by atoms with E-state index in [1.165, 1.54) is 24.8 Å². The second-order valence-electron chi connectivity index (χ2n) is 8.39. The SMILES string of the molecule is O=C(c1ccc2c(c1)CCN(C(=O)c1ccsc1)C2)N1CCN(C2CCC2)CC1. The predicted molar refractivity (Wildman–Crippen MR) is 114 cm³/mol. The first-order valence-corrected chi connectivity index (χ1v) is 11.6. The third kappa shape index (κ3) is 3.71. The molecule has 0 radical (unpaired) electrons. The van der Waals surface area contributed by atoms with Crippen LogP contribution >= 0.6 is 11.3 Å². The first kappa shape index (κ1) is 18.8. The number of carbonyl (C=O) groups excluding carboxylic acids is 2. The van der Waals surface area contributed by atoms with E-state index in [1.54, 1.807) is 11.3 Å². The minimum Gasteiger partial charge on any atom is -0.336 e. The molecule has 1 saturated heterocycles. The van der Waals surface area contributed by atoms with Crippen LogP contribution in [0.25, 0.3) is 0 Å². The van der Waals surface area contributed by atoms with Crippen molar-refractivity contribution < 1.29 is 9.59 Å². The van der Waals surface area contributed by atoms with E-state index >= 15 is 0 Å². The van der Waals surface area contributed by atoms with Gasteiger partial charge in [-0.3, -0.25) is 14.5 Å². The van der Waals surface area contributed by atoms with E-state index in [0.29, 0.717) is 13.1 Å². The van der Waals surface area contributed by atoms with Gasteiger partial charge in [0.2, 0.25) is 0 Å². The standard InChI is InChI=1S/C23H27N3O2S/c27-22(25-11-9-24(10-12-25)21-2-1-3-21)18-4-5-19-15-26(8-6-17(19)14-18)23(28)20-7-13-29-16-20/h4-5,7,13-14,16,21H,1-3,6,8-12,15H2. The monoisotopic (exact) mass is 409 g/mol. The van der Waals surface area contributed by atoms with Gasteiger partial charge in [-0.15, -0.1) is 0 Å². The zero-order chi connectivity index (χ0) is 19.8. The molecule has 2 fully saturated rings. The molecule has 0 unspecified atom stereocenters. The summed E-state index contributed by atoms with van der Waals surface area (Å²) >= 11 is 1.55. The van der Waals surface area contributed by atoms with Gasteiger partial charge in [0, 0.05) is 56.3 Å². The maximum atomic E-state index is 13.0. The van der Waals surface area contributed by atoms with E-state index in [1.807, 2.05) is 38.8 Å². The van der Waals surface area contributed by atoms with E-state index in [0.717, 1.165) is 55.3 Å². The van der Waals surface area contributed by atoms with Crippen LogP contribution in [0.5, 0.6) is 0 Å². The third-order valence-electron chi connectivity index (χ3n) is 6.71. The summed E-state index contributed by atoms with van der Waals surface area (Å²) < 4.78 is 0. The Balaban J connectivity index is 1.23. The smallest absolute Gasteiger partial charge is 0.255 e. The summed E-state index contributed by atoms with van der Waals surface area (Å²) in [7, 11) is 0. The average Bonchev–Trinajstić information content (AvgIpc) is 3.26. The van der Waals surface area contributed by atoms with Crippen molar-refractivity contribution in [2.45, 2.75) is 38.3 Å². The molecule has 152 valence electrons. The molecule has 0 bridgehead atoms. The van der Waals surface area contributed by atoms with E-state index < -0.39 is 0 Å². The van der Waals surface area contributed by atoms with E-state index in [-0.39, 0.29) is 11.8 Å². The average molecular weight is 410 g/mol. The zero-order valence-corrected chi connectivity index (χ0v) is 17.5. The van der Waals surface area contributed by atoms with E-state index in [4.69, 9.17) is 0 Å². The maximum Gasteiger partial charge on any atom is 0.255 e. The number of rotatable bonds is 3. The first-order valence-electron chi connectivity index (χ1n) is 10.7. The molecule has 5 nitrogen and oxygen atoms in total. The Hall–Kier alpha value is -2.18. The van der Waals surface area contributed by atoms with Gasteiger partial charge in [-0.25, -0.2) is 0 Å². The first-order chi connectivity index (χ1) is 14.2. The normalized spacial score (nSPS) is 20.3. The van der Waals surface area contributed by atoms with Crippen molar-refractivity contribution in [2.75, 3.05) is 32.7 Å². The molecular formula is C23H27N3O2S. The number of carbonyl (C=O) groups is 2. The van der Waals surface area contributed by atoms with Crippen molar-refractivity contribution in [3.8, 4) is 0 Å². The quantitative estimate of drug-likeness (QED) is 0.782. The van der Waals surface area contributed by atoms with Gasteiger partial charge in [0.25, 0.3) is 11.8 Å². The van der Waals surface area contributed by atoms with Crippen LogP contribution < -0.4 is 0 Å². The van der Waals surface area contributed by atoms with Crippen LogP contribution in [0.3, 0.4) is 0 Å². The van der Waals surface area contributed by atoms with Gasteiger partial charge < -0.3 is 9.80 Å². The summed E-state index contributed by atoms with van der Waals surface area (Å²) in [6, 6.07) is 8.69. The largest absolute Gasteiger partial charge is 0.336 e. The molecule has 1 aromatic heterocycles. The highest BCUT2D eigenvalue weighted by Crippen LogP contribution is 2.26. The number of benzene rings is 1. The zero-order valence-electron chi connectivity index (χ0n) is 16.7. The summed E-state index contributed by atoms with van der Waals surface area (Å²) in [6.07, 6.45) is 4.81. The predicted octanol–water partition coefficient (Wildman–Crippen LogP) is 3.26. The van der Waals surface area contributed by atoms with Crippen LogP contribution in [0.4, 0.5) is 0 Å². The van der Waals surface area contributed by atoms with Crippen LogP contribution in [0.2, 0.25) is 0 Å². The molecule has 29 heavy (non-hydrogen) atoms. The highest BCUT2D eigenvalue weighted by Gasteiger charge is 2.30. The summed E-state index contributed by atoms with van der Waals surface area (Å²) in [5, 5.41) is 3.85. The van der Waals surface area contributed by atoms with Gasteiger partial charge in [-0.2, -0.15) is 11.3 Å². The second-order valence-corrected chi connectivity index (χ2v) is 9.17. The number of amides is 2. The van der Waals surface area contributed by atoms with Crippen molar-refractivity contribution in [2.24, 2.45) is 0 Å². The Labute approximate surface area is 175 Å². The molecule has 0 N–H and O–H groups in total. The molecule has 0 spiro atoms.